The Morgan fingerprint density at radius 1 is 1.04 bits per heavy atom. The second kappa shape index (κ2) is 7.87. The van der Waals surface area contributed by atoms with E-state index in [4.69, 9.17) is 9.47 Å². The molecule has 1 fully saturated rings. The van der Waals surface area contributed by atoms with Gasteiger partial charge in [-0.3, -0.25) is 9.52 Å². The van der Waals surface area contributed by atoms with Crippen molar-refractivity contribution in [2.24, 2.45) is 0 Å². The number of methoxy groups -OCH3 is 2. The fraction of sp³-hybridized carbons (Fsp3) is 0.316. The van der Waals surface area contributed by atoms with Gasteiger partial charge >= 0.3 is 0 Å². The Morgan fingerprint density at radius 3 is 2.56 bits per heavy atom. The van der Waals surface area contributed by atoms with E-state index < -0.39 is 10.0 Å². The standard InChI is InChI=1S/C19H22N2O5S/c1-25-16-9-10-17(26-2)18(13-16)27(23,24)20-14-6-5-7-15(12-14)21-11-4-3-8-19(21)22/h5-7,9-10,12-13,20H,3-4,8,11H2,1-2H3. The van der Waals surface area contributed by atoms with Crippen LogP contribution in [0.15, 0.2) is 47.4 Å². The minimum Gasteiger partial charge on any atom is -0.497 e. The smallest absolute Gasteiger partial charge is 0.265 e. The van der Waals surface area contributed by atoms with Crippen molar-refractivity contribution in [2.75, 3.05) is 30.4 Å². The van der Waals surface area contributed by atoms with Gasteiger partial charge in [0.2, 0.25) is 5.91 Å². The summed E-state index contributed by atoms with van der Waals surface area (Å²) in [6.07, 6.45) is 2.33. The van der Waals surface area contributed by atoms with Crippen molar-refractivity contribution in [3.8, 4) is 11.5 Å². The molecule has 2 aromatic carbocycles. The van der Waals surface area contributed by atoms with Gasteiger partial charge < -0.3 is 14.4 Å². The van der Waals surface area contributed by atoms with Gasteiger partial charge in [0, 0.05) is 24.7 Å². The molecule has 0 aromatic heterocycles. The Labute approximate surface area is 158 Å². The second-order valence-electron chi connectivity index (χ2n) is 6.18. The largest absolute Gasteiger partial charge is 0.497 e. The summed E-state index contributed by atoms with van der Waals surface area (Å²) in [7, 11) is -1.04. The van der Waals surface area contributed by atoms with Crippen molar-refractivity contribution >= 4 is 27.3 Å². The van der Waals surface area contributed by atoms with E-state index >= 15 is 0 Å². The Morgan fingerprint density at radius 2 is 1.85 bits per heavy atom. The van der Waals surface area contributed by atoms with E-state index in [0.29, 0.717) is 30.1 Å². The van der Waals surface area contributed by atoms with Gasteiger partial charge in [0.1, 0.15) is 16.4 Å². The van der Waals surface area contributed by atoms with Crippen molar-refractivity contribution in [2.45, 2.75) is 24.2 Å². The van der Waals surface area contributed by atoms with Crippen molar-refractivity contribution in [1.29, 1.82) is 0 Å². The summed E-state index contributed by atoms with van der Waals surface area (Å²) in [5, 5.41) is 0. The van der Waals surface area contributed by atoms with Crippen LogP contribution in [0.1, 0.15) is 19.3 Å². The van der Waals surface area contributed by atoms with E-state index in [1.165, 1.54) is 26.4 Å². The van der Waals surface area contributed by atoms with Crippen molar-refractivity contribution in [3.05, 3.63) is 42.5 Å². The normalized spacial score (nSPS) is 14.7. The number of carbonyl (C=O) groups excluding carboxylic acids is 1. The van der Waals surface area contributed by atoms with Crippen molar-refractivity contribution in [1.82, 2.24) is 0 Å². The molecule has 7 nitrogen and oxygen atoms in total. The molecule has 2 aromatic rings. The van der Waals surface area contributed by atoms with Crippen LogP contribution in [-0.2, 0) is 14.8 Å². The number of rotatable bonds is 6. The summed E-state index contributed by atoms with van der Waals surface area (Å²) in [5.74, 6) is 0.672. The number of hydrogen-bond acceptors (Lipinski definition) is 5. The van der Waals surface area contributed by atoms with E-state index in [-0.39, 0.29) is 16.6 Å². The van der Waals surface area contributed by atoms with Gasteiger partial charge in [0.05, 0.1) is 19.9 Å². The molecule has 0 bridgehead atoms. The summed E-state index contributed by atoms with van der Waals surface area (Å²) in [6.45, 7) is 0.638. The highest BCUT2D eigenvalue weighted by Crippen LogP contribution is 2.31. The molecule has 8 heteroatoms. The predicted octanol–water partition coefficient (Wildman–Crippen LogP) is 3.02. The molecule has 27 heavy (non-hydrogen) atoms. The lowest BCUT2D eigenvalue weighted by molar-refractivity contribution is -0.119. The Kier molecular flexibility index (Phi) is 5.55. The first-order valence-corrected chi connectivity index (χ1v) is 10.1. The molecule has 3 rings (SSSR count). The number of anilines is 2. The number of benzene rings is 2. The van der Waals surface area contributed by atoms with Crippen LogP contribution in [0.2, 0.25) is 0 Å². The maximum Gasteiger partial charge on any atom is 0.265 e. The first-order chi connectivity index (χ1) is 12.9. The second-order valence-corrected chi connectivity index (χ2v) is 7.83. The zero-order valence-corrected chi connectivity index (χ0v) is 16.1. The third-order valence-corrected chi connectivity index (χ3v) is 5.80. The Hall–Kier alpha value is -2.74. The van der Waals surface area contributed by atoms with Crippen LogP contribution in [0.4, 0.5) is 11.4 Å². The van der Waals surface area contributed by atoms with E-state index in [1.54, 1.807) is 35.2 Å². The van der Waals surface area contributed by atoms with Crippen LogP contribution < -0.4 is 19.1 Å². The number of amides is 1. The molecule has 0 unspecified atom stereocenters. The molecular formula is C19H22N2O5S. The number of nitrogens with zero attached hydrogens (tertiary/aromatic N) is 1. The molecule has 0 aliphatic carbocycles. The highest BCUT2D eigenvalue weighted by molar-refractivity contribution is 7.92. The van der Waals surface area contributed by atoms with Gasteiger partial charge in [0.15, 0.2) is 0 Å². The minimum atomic E-state index is -3.91. The molecule has 1 N–H and O–H groups in total. The summed E-state index contributed by atoms with van der Waals surface area (Å²) < 4.78 is 38.6. The van der Waals surface area contributed by atoms with Crippen LogP contribution in [0.25, 0.3) is 0 Å². The highest BCUT2D eigenvalue weighted by atomic mass is 32.2. The molecule has 1 aliphatic rings. The van der Waals surface area contributed by atoms with Gasteiger partial charge in [-0.25, -0.2) is 8.42 Å². The maximum atomic E-state index is 12.9. The van der Waals surface area contributed by atoms with E-state index in [1.807, 2.05) is 0 Å². The fourth-order valence-electron chi connectivity index (χ4n) is 3.02. The molecule has 0 radical (unpaired) electrons. The predicted molar refractivity (Wildman–Crippen MR) is 103 cm³/mol. The first kappa shape index (κ1) is 19.0. The number of hydrogen-bond donors (Lipinski definition) is 1. The number of carbonyl (C=O) groups is 1. The van der Waals surface area contributed by atoms with E-state index in [2.05, 4.69) is 4.72 Å². The molecule has 144 valence electrons. The van der Waals surface area contributed by atoms with Crippen LogP contribution in [0, 0.1) is 0 Å². The zero-order valence-electron chi connectivity index (χ0n) is 15.3. The lowest BCUT2D eigenvalue weighted by atomic mass is 10.1. The molecular weight excluding hydrogens is 368 g/mol. The lowest BCUT2D eigenvalue weighted by Gasteiger charge is -2.27. The average molecular weight is 390 g/mol. The molecule has 0 atom stereocenters. The maximum absolute atomic E-state index is 12.9. The SMILES string of the molecule is COc1ccc(OC)c(S(=O)(=O)Nc2cccc(N3CCCCC3=O)c2)c1. The van der Waals surface area contributed by atoms with Gasteiger partial charge in [-0.05, 0) is 43.2 Å². The van der Waals surface area contributed by atoms with Crippen molar-refractivity contribution in [3.63, 3.8) is 0 Å². The van der Waals surface area contributed by atoms with Crippen LogP contribution in [0.5, 0.6) is 11.5 Å². The average Bonchev–Trinajstić information content (AvgIpc) is 2.67. The third kappa shape index (κ3) is 4.16. The molecule has 1 heterocycles. The Balaban J connectivity index is 1.90. The van der Waals surface area contributed by atoms with Gasteiger partial charge in [0.25, 0.3) is 10.0 Å². The minimum absolute atomic E-state index is 0.0243. The number of ether oxygens (including phenoxy) is 2. The van der Waals surface area contributed by atoms with Gasteiger partial charge in [-0.2, -0.15) is 0 Å². The molecule has 1 amide bonds. The number of sulfonamides is 1. The lowest BCUT2D eigenvalue weighted by Crippen LogP contribution is -2.35. The Bertz CT molecular complexity index is 943. The fourth-order valence-corrected chi connectivity index (χ4v) is 4.26. The summed E-state index contributed by atoms with van der Waals surface area (Å²) in [5.41, 5.74) is 1.05. The van der Waals surface area contributed by atoms with Gasteiger partial charge in [-0.1, -0.05) is 6.07 Å². The molecule has 0 saturated carbocycles. The van der Waals surface area contributed by atoms with E-state index in [0.717, 1.165) is 12.8 Å². The zero-order chi connectivity index (χ0) is 19.4. The summed E-state index contributed by atoms with van der Waals surface area (Å²) in [4.78, 5) is 13.8. The first-order valence-electron chi connectivity index (χ1n) is 8.60. The third-order valence-electron chi connectivity index (χ3n) is 4.39. The van der Waals surface area contributed by atoms with Crippen LogP contribution in [-0.4, -0.2) is 35.1 Å². The summed E-state index contributed by atoms with van der Waals surface area (Å²) in [6, 6.07) is 11.4. The van der Waals surface area contributed by atoms with Crippen LogP contribution >= 0.6 is 0 Å². The number of piperidine rings is 1. The quantitative estimate of drug-likeness (QED) is 0.820. The molecule has 1 aliphatic heterocycles. The highest BCUT2D eigenvalue weighted by Gasteiger charge is 2.23. The monoisotopic (exact) mass is 390 g/mol. The molecule has 0 spiro atoms. The molecule has 1 saturated heterocycles. The van der Waals surface area contributed by atoms with Gasteiger partial charge in [-0.15, -0.1) is 0 Å². The number of nitrogens with one attached hydrogen (secondary N) is 1. The topological polar surface area (TPSA) is 84.9 Å². The van der Waals surface area contributed by atoms with E-state index in [9.17, 15) is 13.2 Å². The summed E-state index contributed by atoms with van der Waals surface area (Å²) >= 11 is 0. The van der Waals surface area contributed by atoms with Crippen LogP contribution in [0.3, 0.4) is 0 Å². The van der Waals surface area contributed by atoms with Crippen molar-refractivity contribution < 1.29 is 22.7 Å².